The van der Waals surface area contributed by atoms with E-state index in [1.54, 1.807) is 6.92 Å². The Kier molecular flexibility index (Phi) is 8.12. The second kappa shape index (κ2) is 10.3. The molecular weight excluding hydrogens is 371 g/mol. The van der Waals surface area contributed by atoms with Crippen LogP contribution >= 0.6 is 0 Å². The Balaban J connectivity index is 1.80. The molecule has 1 saturated heterocycles. The molecule has 2 rings (SSSR count). The molecule has 0 aromatic heterocycles. The normalized spacial score (nSPS) is 17.8. The van der Waals surface area contributed by atoms with Gasteiger partial charge >= 0.3 is 6.18 Å². The molecule has 5 nitrogen and oxygen atoms in total. The highest BCUT2D eigenvalue weighted by Crippen LogP contribution is 2.22. The van der Waals surface area contributed by atoms with Crippen molar-refractivity contribution in [3.8, 4) is 11.8 Å². The molecule has 0 bridgehead atoms. The number of hydrogen-bond donors (Lipinski definition) is 0. The van der Waals surface area contributed by atoms with Crippen LogP contribution in [0.4, 0.5) is 13.2 Å². The van der Waals surface area contributed by atoms with Crippen molar-refractivity contribution in [3.63, 3.8) is 0 Å². The van der Waals surface area contributed by atoms with Gasteiger partial charge in [0.2, 0.25) is 5.91 Å². The van der Waals surface area contributed by atoms with Gasteiger partial charge in [-0.1, -0.05) is 12.1 Å². The summed E-state index contributed by atoms with van der Waals surface area (Å²) in [6.45, 7) is 2.73. The zero-order valence-electron chi connectivity index (χ0n) is 16.0. The van der Waals surface area contributed by atoms with Crippen LogP contribution in [-0.2, 0) is 11.2 Å². The second-order valence-corrected chi connectivity index (χ2v) is 6.93. The lowest BCUT2D eigenvalue weighted by atomic mass is 9.96. The second-order valence-electron chi connectivity index (χ2n) is 6.93. The van der Waals surface area contributed by atoms with Gasteiger partial charge < -0.3 is 9.64 Å². The Morgan fingerprint density at radius 2 is 2.07 bits per heavy atom. The molecule has 0 spiro atoms. The van der Waals surface area contributed by atoms with Crippen molar-refractivity contribution < 1.29 is 22.7 Å². The molecule has 0 N–H and O–H groups in total. The average Bonchev–Trinajstić information content (AvgIpc) is 2.67. The lowest BCUT2D eigenvalue weighted by molar-refractivity contribution is -0.164. The molecule has 1 aromatic carbocycles. The summed E-state index contributed by atoms with van der Waals surface area (Å²) in [5, 5.41) is 8.67. The van der Waals surface area contributed by atoms with Gasteiger partial charge in [0.1, 0.15) is 18.9 Å². The lowest BCUT2D eigenvalue weighted by Gasteiger charge is -2.34. The van der Waals surface area contributed by atoms with Crippen molar-refractivity contribution in [2.75, 3.05) is 39.3 Å². The number of likely N-dealkylation sites (tertiary alicyclic amines) is 1. The number of rotatable bonds is 8. The molecule has 0 aliphatic carbocycles. The number of piperidine rings is 1. The smallest absolute Gasteiger partial charge is 0.406 e. The summed E-state index contributed by atoms with van der Waals surface area (Å²) in [7, 11) is 0. The van der Waals surface area contributed by atoms with Crippen LogP contribution in [0.1, 0.15) is 25.3 Å². The van der Waals surface area contributed by atoms with Crippen LogP contribution < -0.4 is 4.74 Å². The molecule has 1 atom stereocenters. The summed E-state index contributed by atoms with van der Waals surface area (Å²) in [5.41, 5.74) is 0.923. The number of carbonyl (C=O) groups is 1. The molecular formula is C20H26F3N3O2. The number of hydrogen-bond acceptors (Lipinski definition) is 4. The molecule has 1 aromatic rings. The molecule has 8 heteroatoms. The molecule has 1 heterocycles. The summed E-state index contributed by atoms with van der Waals surface area (Å²) in [4.78, 5) is 15.4. The van der Waals surface area contributed by atoms with Crippen LogP contribution in [0.5, 0.6) is 5.75 Å². The lowest BCUT2D eigenvalue weighted by Crippen LogP contribution is -2.48. The fourth-order valence-electron chi connectivity index (χ4n) is 3.37. The summed E-state index contributed by atoms with van der Waals surface area (Å²) < 4.78 is 43.7. The molecule has 1 fully saturated rings. The molecule has 0 saturated carbocycles. The summed E-state index contributed by atoms with van der Waals surface area (Å²) >= 11 is 0. The minimum atomic E-state index is -4.38. The van der Waals surface area contributed by atoms with E-state index in [1.165, 1.54) is 0 Å². The molecule has 1 aliphatic heterocycles. The van der Waals surface area contributed by atoms with Crippen LogP contribution in [0.3, 0.4) is 0 Å². The molecule has 1 amide bonds. The van der Waals surface area contributed by atoms with Gasteiger partial charge in [-0.25, -0.2) is 0 Å². The summed E-state index contributed by atoms with van der Waals surface area (Å²) in [5.74, 6) is -0.117. The van der Waals surface area contributed by atoms with Crippen LogP contribution in [0.2, 0.25) is 0 Å². The van der Waals surface area contributed by atoms with E-state index in [4.69, 9.17) is 10.00 Å². The Labute approximate surface area is 163 Å². The Morgan fingerprint density at radius 1 is 1.36 bits per heavy atom. The van der Waals surface area contributed by atoms with E-state index in [0.717, 1.165) is 23.4 Å². The number of alkyl halides is 3. The number of ether oxygens (including phenoxy) is 1. The first kappa shape index (κ1) is 22.0. The van der Waals surface area contributed by atoms with Crippen LogP contribution in [-0.4, -0.2) is 61.2 Å². The predicted molar refractivity (Wildman–Crippen MR) is 98.7 cm³/mol. The van der Waals surface area contributed by atoms with Gasteiger partial charge in [0.25, 0.3) is 0 Å². The number of nitrogens with zero attached hydrogens (tertiary/aromatic N) is 3. The highest BCUT2D eigenvalue weighted by molar-refractivity contribution is 5.79. The summed E-state index contributed by atoms with van der Waals surface area (Å²) in [6, 6.07) is 9.39. The highest BCUT2D eigenvalue weighted by Gasteiger charge is 2.35. The van der Waals surface area contributed by atoms with Crippen molar-refractivity contribution in [1.29, 1.82) is 5.26 Å². The van der Waals surface area contributed by atoms with Crippen molar-refractivity contribution in [2.45, 2.75) is 32.4 Å². The predicted octanol–water partition coefficient (Wildman–Crippen LogP) is 3.25. The van der Waals surface area contributed by atoms with Crippen molar-refractivity contribution in [1.82, 2.24) is 9.80 Å². The molecule has 0 radical (unpaired) electrons. The third kappa shape index (κ3) is 7.04. The quantitative estimate of drug-likeness (QED) is 0.676. The van der Waals surface area contributed by atoms with Crippen LogP contribution in [0.25, 0.3) is 0 Å². The maximum Gasteiger partial charge on any atom is 0.406 e. The molecule has 1 aliphatic rings. The Hall–Kier alpha value is -2.27. The number of amides is 1. The van der Waals surface area contributed by atoms with Crippen LogP contribution in [0.15, 0.2) is 24.3 Å². The highest BCUT2D eigenvalue weighted by atomic mass is 19.4. The fourth-order valence-corrected chi connectivity index (χ4v) is 3.37. The van der Waals surface area contributed by atoms with Crippen molar-refractivity contribution >= 4 is 5.91 Å². The van der Waals surface area contributed by atoms with E-state index in [1.807, 2.05) is 24.3 Å². The van der Waals surface area contributed by atoms with E-state index in [2.05, 4.69) is 11.0 Å². The molecule has 28 heavy (non-hydrogen) atoms. The maximum absolute atomic E-state index is 12.7. The van der Waals surface area contributed by atoms with E-state index in [9.17, 15) is 18.0 Å². The van der Waals surface area contributed by atoms with Gasteiger partial charge in [-0.3, -0.25) is 9.69 Å². The third-order valence-electron chi connectivity index (χ3n) is 4.80. The molecule has 1 unspecified atom stereocenters. The minimum absolute atomic E-state index is 0.0553. The largest absolute Gasteiger partial charge is 0.492 e. The first-order chi connectivity index (χ1) is 13.3. The third-order valence-corrected chi connectivity index (χ3v) is 4.80. The van der Waals surface area contributed by atoms with Gasteiger partial charge in [0.05, 0.1) is 18.4 Å². The SMILES string of the molecule is CCN(CC(F)(F)F)C(=O)C1CCCN(CCOc2ccc(CC#N)cc2)C1. The zero-order valence-corrected chi connectivity index (χ0v) is 16.0. The number of carbonyl (C=O) groups excluding carboxylic acids is 1. The number of nitriles is 1. The van der Waals surface area contributed by atoms with E-state index in [0.29, 0.717) is 38.3 Å². The Bertz CT molecular complexity index is 671. The standard InChI is InChI=1S/C20H26F3N3O2/c1-2-26(15-20(21,22)23)19(27)17-4-3-11-25(14-17)12-13-28-18-7-5-16(6-8-18)9-10-24/h5-8,17H,2-4,9,11-15H2,1H3. The zero-order chi connectivity index (χ0) is 20.6. The van der Waals surface area contributed by atoms with Gasteiger partial charge in [-0.15, -0.1) is 0 Å². The van der Waals surface area contributed by atoms with Gasteiger partial charge in [-0.2, -0.15) is 18.4 Å². The Morgan fingerprint density at radius 3 is 2.68 bits per heavy atom. The molecule has 154 valence electrons. The maximum atomic E-state index is 12.7. The monoisotopic (exact) mass is 397 g/mol. The number of benzene rings is 1. The first-order valence-corrected chi connectivity index (χ1v) is 9.49. The topological polar surface area (TPSA) is 56.6 Å². The minimum Gasteiger partial charge on any atom is -0.492 e. The van der Waals surface area contributed by atoms with Crippen LogP contribution in [0, 0.1) is 17.2 Å². The van der Waals surface area contributed by atoms with Gasteiger partial charge in [0.15, 0.2) is 0 Å². The fraction of sp³-hybridized carbons (Fsp3) is 0.600. The van der Waals surface area contributed by atoms with E-state index in [-0.39, 0.29) is 6.54 Å². The van der Waals surface area contributed by atoms with E-state index < -0.39 is 24.5 Å². The van der Waals surface area contributed by atoms with Crippen molar-refractivity contribution in [3.05, 3.63) is 29.8 Å². The summed E-state index contributed by atoms with van der Waals surface area (Å²) in [6.07, 6.45) is -2.63. The van der Waals surface area contributed by atoms with Gasteiger partial charge in [0, 0.05) is 19.6 Å². The number of halogens is 3. The van der Waals surface area contributed by atoms with E-state index >= 15 is 0 Å². The van der Waals surface area contributed by atoms with Crippen molar-refractivity contribution in [2.24, 2.45) is 5.92 Å². The first-order valence-electron chi connectivity index (χ1n) is 9.49. The van der Waals surface area contributed by atoms with Gasteiger partial charge in [-0.05, 0) is 44.0 Å². The average molecular weight is 397 g/mol.